The summed E-state index contributed by atoms with van der Waals surface area (Å²) in [7, 11) is 3.20. The number of amides is 1. The number of nitrogens with two attached hydrogens (primary N) is 1. The molecule has 1 amide bonds. The van der Waals surface area contributed by atoms with Crippen LogP contribution in [0.25, 0.3) is 22.2 Å². The maximum Gasteiger partial charge on any atom is 0.257 e. The third-order valence-corrected chi connectivity index (χ3v) is 4.93. The second-order valence-corrected chi connectivity index (χ2v) is 6.79. The van der Waals surface area contributed by atoms with Crippen LogP contribution < -0.4 is 15.8 Å². The van der Waals surface area contributed by atoms with Gasteiger partial charge in [0.25, 0.3) is 5.91 Å². The Morgan fingerprint density at radius 3 is 2.50 bits per heavy atom. The van der Waals surface area contributed by atoms with Gasteiger partial charge < -0.3 is 25.1 Å². The van der Waals surface area contributed by atoms with Gasteiger partial charge in [0, 0.05) is 19.2 Å². The average molecular weight is 405 g/mol. The number of carbonyl (C=O) groups excluding carboxylic acids is 1. The molecule has 0 atom stereocenters. The first-order valence-electron chi connectivity index (χ1n) is 9.57. The number of benzene rings is 2. The van der Waals surface area contributed by atoms with Crippen molar-refractivity contribution in [3.05, 3.63) is 59.7 Å². The van der Waals surface area contributed by atoms with Gasteiger partial charge in [-0.1, -0.05) is 30.3 Å². The van der Waals surface area contributed by atoms with Crippen LogP contribution in [0.1, 0.15) is 15.9 Å². The summed E-state index contributed by atoms with van der Waals surface area (Å²) in [6.07, 6.45) is 0. The highest BCUT2D eigenvalue weighted by atomic mass is 16.5. The molecule has 0 fully saturated rings. The molecule has 3 N–H and O–H groups in total. The molecular weight excluding hydrogens is 382 g/mol. The number of para-hydroxylation sites is 3. The first kappa shape index (κ1) is 19.7. The van der Waals surface area contributed by atoms with Gasteiger partial charge in [0.05, 0.1) is 31.3 Å². The number of methoxy groups -OCH3 is 2. The zero-order valence-corrected chi connectivity index (χ0v) is 16.9. The van der Waals surface area contributed by atoms with Gasteiger partial charge in [0.1, 0.15) is 22.6 Å². The fourth-order valence-electron chi connectivity index (χ4n) is 3.46. The minimum Gasteiger partial charge on any atom is -0.496 e. The van der Waals surface area contributed by atoms with E-state index in [0.29, 0.717) is 47.8 Å². The van der Waals surface area contributed by atoms with E-state index in [0.717, 1.165) is 16.8 Å². The number of rotatable bonds is 7. The monoisotopic (exact) mass is 405 g/mol. The van der Waals surface area contributed by atoms with E-state index < -0.39 is 0 Å². The maximum absolute atomic E-state index is 12.9. The van der Waals surface area contributed by atoms with E-state index in [1.807, 2.05) is 48.5 Å². The van der Waals surface area contributed by atoms with Crippen LogP contribution in [0.3, 0.4) is 0 Å². The van der Waals surface area contributed by atoms with Crippen LogP contribution in [-0.2, 0) is 11.3 Å². The molecule has 30 heavy (non-hydrogen) atoms. The number of hydrogen-bond donors (Lipinski definition) is 2. The Bertz CT molecular complexity index is 1220. The molecule has 2 aromatic heterocycles. The number of hydrogen-bond acceptors (Lipinski definition) is 6. The number of aromatic nitrogens is 3. The lowest BCUT2D eigenvalue weighted by Crippen LogP contribution is -2.27. The van der Waals surface area contributed by atoms with Crippen molar-refractivity contribution in [2.24, 2.45) is 0 Å². The fourth-order valence-corrected chi connectivity index (χ4v) is 3.46. The van der Waals surface area contributed by atoms with Crippen molar-refractivity contribution in [2.45, 2.75) is 6.54 Å². The molecule has 4 aromatic rings. The third-order valence-electron chi connectivity index (χ3n) is 4.93. The van der Waals surface area contributed by atoms with Gasteiger partial charge in [-0.05, 0) is 18.2 Å². The largest absolute Gasteiger partial charge is 0.496 e. The molecule has 154 valence electrons. The van der Waals surface area contributed by atoms with Crippen LogP contribution in [0.5, 0.6) is 5.75 Å². The number of nitrogen functional groups attached to an aromatic ring is 1. The standard InChI is InChI=1S/C22H23N5O3/c1-29-12-11-24-22(28)18-19-21(26-16-9-5-4-8-15(16)25-19)27(20(18)23)13-14-7-3-6-10-17(14)30-2/h3-10H,11-13,23H2,1-2H3,(H,24,28). The Morgan fingerprint density at radius 1 is 1.07 bits per heavy atom. The van der Waals surface area contributed by atoms with E-state index in [9.17, 15) is 4.79 Å². The summed E-state index contributed by atoms with van der Waals surface area (Å²) in [6, 6.07) is 15.2. The lowest BCUT2D eigenvalue weighted by atomic mass is 10.2. The van der Waals surface area contributed by atoms with E-state index in [2.05, 4.69) is 5.32 Å². The highest BCUT2D eigenvalue weighted by Gasteiger charge is 2.24. The number of carbonyl (C=O) groups is 1. The van der Waals surface area contributed by atoms with Crippen molar-refractivity contribution in [2.75, 3.05) is 33.1 Å². The SMILES string of the molecule is COCCNC(=O)c1c(N)n(Cc2ccccc2OC)c2nc3ccccc3nc12. The van der Waals surface area contributed by atoms with Gasteiger partial charge in [-0.15, -0.1) is 0 Å². The van der Waals surface area contributed by atoms with E-state index in [-0.39, 0.29) is 5.91 Å². The summed E-state index contributed by atoms with van der Waals surface area (Å²) in [5, 5.41) is 2.83. The third kappa shape index (κ3) is 3.53. The molecule has 0 aliphatic rings. The number of nitrogens with one attached hydrogen (secondary N) is 1. The first-order valence-corrected chi connectivity index (χ1v) is 9.57. The second kappa shape index (κ2) is 8.38. The van der Waals surface area contributed by atoms with Gasteiger partial charge in [-0.25, -0.2) is 9.97 Å². The van der Waals surface area contributed by atoms with Crippen LogP contribution in [-0.4, -0.2) is 47.8 Å². The molecule has 8 nitrogen and oxygen atoms in total. The Hall–Kier alpha value is -3.65. The predicted octanol–water partition coefficient (Wildman–Crippen LogP) is 2.60. The van der Waals surface area contributed by atoms with Gasteiger partial charge >= 0.3 is 0 Å². The lowest BCUT2D eigenvalue weighted by molar-refractivity contribution is 0.0939. The minimum absolute atomic E-state index is 0.307. The molecular formula is C22H23N5O3. The normalized spacial score (nSPS) is 11.1. The summed E-state index contributed by atoms with van der Waals surface area (Å²) in [5.41, 5.74) is 10.2. The number of nitrogens with zero attached hydrogens (tertiary/aromatic N) is 3. The Labute approximate surface area is 173 Å². The lowest BCUT2D eigenvalue weighted by Gasteiger charge is -2.11. The molecule has 0 bridgehead atoms. The minimum atomic E-state index is -0.307. The smallest absolute Gasteiger partial charge is 0.257 e. The summed E-state index contributed by atoms with van der Waals surface area (Å²) in [6.45, 7) is 1.17. The summed E-state index contributed by atoms with van der Waals surface area (Å²) in [5.74, 6) is 0.734. The molecule has 0 unspecified atom stereocenters. The Kier molecular flexibility index (Phi) is 5.49. The molecule has 0 saturated carbocycles. The molecule has 4 rings (SSSR count). The van der Waals surface area contributed by atoms with Crippen LogP contribution in [0, 0.1) is 0 Å². The number of fused-ring (bicyclic) bond motifs is 2. The maximum atomic E-state index is 12.9. The van der Waals surface area contributed by atoms with Gasteiger partial charge in [-0.3, -0.25) is 4.79 Å². The van der Waals surface area contributed by atoms with Crippen molar-refractivity contribution in [3.8, 4) is 5.75 Å². The topological polar surface area (TPSA) is 104 Å². The van der Waals surface area contributed by atoms with Crippen molar-refractivity contribution in [1.29, 1.82) is 0 Å². The van der Waals surface area contributed by atoms with Gasteiger partial charge in [0.2, 0.25) is 0 Å². The zero-order chi connectivity index (χ0) is 21.1. The zero-order valence-electron chi connectivity index (χ0n) is 16.9. The van der Waals surface area contributed by atoms with Crippen LogP contribution in [0.4, 0.5) is 5.82 Å². The summed E-state index contributed by atoms with van der Waals surface area (Å²) < 4.78 is 12.3. The van der Waals surface area contributed by atoms with Crippen molar-refractivity contribution in [3.63, 3.8) is 0 Å². The van der Waals surface area contributed by atoms with Crippen molar-refractivity contribution in [1.82, 2.24) is 19.9 Å². The number of ether oxygens (including phenoxy) is 2. The van der Waals surface area contributed by atoms with Gasteiger partial charge in [-0.2, -0.15) is 0 Å². The quantitative estimate of drug-likeness (QED) is 0.458. The van der Waals surface area contributed by atoms with Crippen molar-refractivity contribution >= 4 is 33.9 Å². The molecule has 0 aliphatic heterocycles. The Balaban J connectivity index is 1.89. The van der Waals surface area contributed by atoms with E-state index in [1.54, 1.807) is 18.8 Å². The number of anilines is 1. The first-order chi connectivity index (χ1) is 14.6. The average Bonchev–Trinajstić information content (AvgIpc) is 3.03. The molecule has 2 aromatic carbocycles. The van der Waals surface area contributed by atoms with Crippen LogP contribution in [0.15, 0.2) is 48.5 Å². The predicted molar refractivity (Wildman–Crippen MR) is 116 cm³/mol. The Morgan fingerprint density at radius 2 is 1.77 bits per heavy atom. The van der Waals surface area contributed by atoms with Crippen LogP contribution >= 0.6 is 0 Å². The molecule has 0 radical (unpaired) electrons. The van der Waals surface area contributed by atoms with Crippen LogP contribution in [0.2, 0.25) is 0 Å². The van der Waals surface area contributed by atoms with E-state index in [4.69, 9.17) is 25.2 Å². The molecule has 0 saturated heterocycles. The summed E-state index contributed by atoms with van der Waals surface area (Å²) in [4.78, 5) is 22.4. The molecule has 8 heteroatoms. The summed E-state index contributed by atoms with van der Waals surface area (Å²) >= 11 is 0. The van der Waals surface area contributed by atoms with E-state index in [1.165, 1.54) is 0 Å². The molecule has 0 spiro atoms. The molecule has 2 heterocycles. The van der Waals surface area contributed by atoms with Gasteiger partial charge in [0.15, 0.2) is 5.65 Å². The highest BCUT2D eigenvalue weighted by Crippen LogP contribution is 2.30. The fraction of sp³-hybridized carbons (Fsp3) is 0.227. The second-order valence-electron chi connectivity index (χ2n) is 6.79. The van der Waals surface area contributed by atoms with E-state index >= 15 is 0 Å². The molecule has 0 aliphatic carbocycles. The van der Waals surface area contributed by atoms with Crippen molar-refractivity contribution < 1.29 is 14.3 Å². The highest BCUT2D eigenvalue weighted by molar-refractivity contribution is 6.10.